The maximum atomic E-state index is 12.1. The van der Waals surface area contributed by atoms with E-state index >= 15 is 0 Å². The summed E-state index contributed by atoms with van der Waals surface area (Å²) in [5.41, 5.74) is 0.465. The first-order valence-electron chi connectivity index (χ1n) is 8.00. The maximum Gasteiger partial charge on any atom is 0.251 e. The second-order valence-electron chi connectivity index (χ2n) is 5.87. The van der Waals surface area contributed by atoms with Gasteiger partial charge in [-0.3, -0.25) is 9.69 Å². The van der Waals surface area contributed by atoms with E-state index in [0.29, 0.717) is 18.2 Å². The molecule has 1 amide bonds. The third-order valence-corrected chi connectivity index (χ3v) is 5.75. The van der Waals surface area contributed by atoms with Gasteiger partial charge in [0.05, 0.1) is 4.90 Å². The fourth-order valence-electron chi connectivity index (χ4n) is 2.81. The number of carbonyl (C=O) groups excluding carboxylic acids is 1. The molecule has 1 aliphatic heterocycles. The number of amides is 1. The number of nitrogens with zero attached hydrogens (tertiary/aromatic N) is 1. The molecule has 6 nitrogen and oxygen atoms in total. The molecule has 1 aromatic carbocycles. The van der Waals surface area contributed by atoms with Crippen molar-refractivity contribution in [3.05, 3.63) is 29.8 Å². The quantitative estimate of drug-likeness (QED) is 0.816. The number of benzene rings is 1. The molecule has 2 rings (SSSR count). The molecule has 1 atom stereocenters. The lowest BCUT2D eigenvalue weighted by atomic mass is 10.0. The Labute approximate surface area is 138 Å². The van der Waals surface area contributed by atoms with Gasteiger partial charge >= 0.3 is 0 Å². The van der Waals surface area contributed by atoms with Gasteiger partial charge in [0.25, 0.3) is 5.91 Å². The van der Waals surface area contributed by atoms with E-state index in [2.05, 4.69) is 21.9 Å². The van der Waals surface area contributed by atoms with E-state index in [4.69, 9.17) is 0 Å². The van der Waals surface area contributed by atoms with Crippen molar-refractivity contribution in [3.8, 4) is 0 Å². The van der Waals surface area contributed by atoms with E-state index in [1.165, 1.54) is 50.6 Å². The Morgan fingerprint density at radius 3 is 2.57 bits per heavy atom. The monoisotopic (exact) mass is 339 g/mol. The van der Waals surface area contributed by atoms with Crippen LogP contribution in [0.25, 0.3) is 0 Å². The molecule has 0 aromatic heterocycles. The van der Waals surface area contributed by atoms with E-state index in [1.807, 2.05) is 0 Å². The molecule has 1 aromatic rings. The van der Waals surface area contributed by atoms with Gasteiger partial charge in [0, 0.05) is 24.7 Å². The van der Waals surface area contributed by atoms with Crippen molar-refractivity contribution >= 4 is 15.9 Å². The molecule has 0 unspecified atom stereocenters. The first kappa shape index (κ1) is 17.9. The number of piperidine rings is 1. The summed E-state index contributed by atoms with van der Waals surface area (Å²) in [4.78, 5) is 14.7. The zero-order valence-electron chi connectivity index (χ0n) is 13.7. The number of carbonyl (C=O) groups is 1. The lowest BCUT2D eigenvalue weighted by Gasteiger charge is -2.33. The van der Waals surface area contributed by atoms with Gasteiger partial charge in [-0.05, 0) is 57.6 Å². The van der Waals surface area contributed by atoms with Crippen molar-refractivity contribution < 1.29 is 13.2 Å². The lowest BCUT2D eigenvalue weighted by molar-refractivity contribution is 0.0938. The molecule has 23 heavy (non-hydrogen) atoms. The van der Waals surface area contributed by atoms with Crippen LogP contribution in [0, 0.1) is 0 Å². The van der Waals surface area contributed by atoms with Crippen molar-refractivity contribution in [2.24, 2.45) is 0 Å². The van der Waals surface area contributed by atoms with Gasteiger partial charge in [0.15, 0.2) is 0 Å². The molecule has 0 radical (unpaired) electrons. The Hall–Kier alpha value is -1.44. The van der Waals surface area contributed by atoms with E-state index in [-0.39, 0.29) is 10.8 Å². The van der Waals surface area contributed by atoms with Crippen LogP contribution >= 0.6 is 0 Å². The number of hydrogen-bond donors (Lipinski definition) is 2. The molecule has 1 fully saturated rings. The number of rotatable bonds is 6. The lowest BCUT2D eigenvalue weighted by Crippen LogP contribution is -2.42. The van der Waals surface area contributed by atoms with E-state index in [1.54, 1.807) is 0 Å². The standard InChI is InChI=1S/C16H25N3O3S/c1-13-5-3-4-11-19(13)12-10-18-16(20)14-6-8-15(9-7-14)23(21,22)17-2/h6-9,13,17H,3-5,10-12H2,1-2H3,(H,18,20)/t13-/m0/s1. The van der Waals surface area contributed by atoms with Gasteiger partial charge < -0.3 is 5.32 Å². The predicted octanol–water partition coefficient (Wildman–Crippen LogP) is 1.20. The highest BCUT2D eigenvalue weighted by molar-refractivity contribution is 7.89. The van der Waals surface area contributed by atoms with Gasteiger partial charge in [-0.1, -0.05) is 6.42 Å². The fraction of sp³-hybridized carbons (Fsp3) is 0.562. The largest absolute Gasteiger partial charge is 0.351 e. The third-order valence-electron chi connectivity index (χ3n) is 4.32. The van der Waals surface area contributed by atoms with Crippen molar-refractivity contribution in [2.75, 3.05) is 26.7 Å². The van der Waals surface area contributed by atoms with Gasteiger partial charge in [-0.15, -0.1) is 0 Å². The summed E-state index contributed by atoms with van der Waals surface area (Å²) in [5.74, 6) is -0.178. The molecule has 1 aliphatic rings. The van der Waals surface area contributed by atoms with Gasteiger partial charge in [0.2, 0.25) is 10.0 Å². The smallest absolute Gasteiger partial charge is 0.251 e. The summed E-state index contributed by atoms with van der Waals surface area (Å²) in [5, 5.41) is 2.89. The second kappa shape index (κ2) is 7.90. The van der Waals surface area contributed by atoms with E-state index < -0.39 is 10.0 Å². The van der Waals surface area contributed by atoms with Crippen LogP contribution in [-0.2, 0) is 10.0 Å². The zero-order chi connectivity index (χ0) is 16.9. The van der Waals surface area contributed by atoms with Crippen LogP contribution in [0.3, 0.4) is 0 Å². The predicted molar refractivity (Wildman–Crippen MR) is 89.9 cm³/mol. The minimum atomic E-state index is -3.47. The molecule has 0 bridgehead atoms. The highest BCUT2D eigenvalue weighted by Gasteiger charge is 2.18. The molecule has 128 valence electrons. The molecule has 0 spiro atoms. The summed E-state index contributed by atoms with van der Waals surface area (Å²) >= 11 is 0. The van der Waals surface area contributed by atoms with Crippen LogP contribution in [0.1, 0.15) is 36.5 Å². The van der Waals surface area contributed by atoms with E-state index in [0.717, 1.165) is 13.1 Å². The molecular weight excluding hydrogens is 314 g/mol. The summed E-state index contributed by atoms with van der Waals surface area (Å²) in [6.45, 7) is 4.76. The number of hydrogen-bond acceptors (Lipinski definition) is 4. The van der Waals surface area contributed by atoms with Crippen LogP contribution in [-0.4, -0.2) is 51.9 Å². The number of likely N-dealkylation sites (tertiary alicyclic amines) is 1. The first-order valence-corrected chi connectivity index (χ1v) is 9.48. The summed E-state index contributed by atoms with van der Waals surface area (Å²) in [6.07, 6.45) is 3.72. The van der Waals surface area contributed by atoms with Crippen molar-refractivity contribution in [2.45, 2.75) is 37.1 Å². The average Bonchev–Trinajstić information content (AvgIpc) is 2.56. The molecule has 0 aliphatic carbocycles. The zero-order valence-corrected chi connectivity index (χ0v) is 14.5. The molecule has 2 N–H and O–H groups in total. The van der Waals surface area contributed by atoms with Gasteiger partial charge in [-0.25, -0.2) is 13.1 Å². The topological polar surface area (TPSA) is 78.5 Å². The second-order valence-corrected chi connectivity index (χ2v) is 7.76. The molecular formula is C16H25N3O3S. The van der Waals surface area contributed by atoms with Crippen molar-refractivity contribution in [3.63, 3.8) is 0 Å². The van der Waals surface area contributed by atoms with Crippen LogP contribution < -0.4 is 10.0 Å². The Kier molecular flexibility index (Phi) is 6.15. The Morgan fingerprint density at radius 2 is 1.96 bits per heavy atom. The van der Waals surface area contributed by atoms with Gasteiger partial charge in [0.1, 0.15) is 0 Å². The number of sulfonamides is 1. The van der Waals surface area contributed by atoms with Gasteiger partial charge in [-0.2, -0.15) is 0 Å². The molecule has 1 saturated heterocycles. The van der Waals surface area contributed by atoms with E-state index in [9.17, 15) is 13.2 Å². The third kappa shape index (κ3) is 4.76. The van der Waals surface area contributed by atoms with Crippen LogP contribution in [0.2, 0.25) is 0 Å². The summed E-state index contributed by atoms with van der Waals surface area (Å²) in [6, 6.07) is 6.51. The first-order chi connectivity index (χ1) is 10.9. The van der Waals surface area contributed by atoms with Crippen LogP contribution in [0.4, 0.5) is 0 Å². The fourth-order valence-corrected chi connectivity index (χ4v) is 3.54. The summed E-state index contributed by atoms with van der Waals surface area (Å²) in [7, 11) is -2.11. The highest BCUT2D eigenvalue weighted by atomic mass is 32.2. The Morgan fingerprint density at radius 1 is 1.26 bits per heavy atom. The minimum Gasteiger partial charge on any atom is -0.351 e. The Bertz CT molecular complexity index is 628. The van der Waals surface area contributed by atoms with Crippen LogP contribution in [0.15, 0.2) is 29.2 Å². The summed E-state index contributed by atoms with van der Waals surface area (Å²) < 4.78 is 25.5. The Balaban J connectivity index is 1.86. The minimum absolute atomic E-state index is 0.152. The van der Waals surface area contributed by atoms with Crippen LogP contribution in [0.5, 0.6) is 0 Å². The SMILES string of the molecule is CNS(=O)(=O)c1ccc(C(=O)NCCN2CCCC[C@@H]2C)cc1. The maximum absolute atomic E-state index is 12.1. The van der Waals surface area contributed by atoms with Crippen molar-refractivity contribution in [1.82, 2.24) is 14.9 Å². The molecule has 1 heterocycles. The average molecular weight is 339 g/mol. The number of nitrogens with one attached hydrogen (secondary N) is 2. The normalized spacial score (nSPS) is 19.5. The molecule has 0 saturated carbocycles. The van der Waals surface area contributed by atoms with Crippen molar-refractivity contribution in [1.29, 1.82) is 0 Å². The highest BCUT2D eigenvalue weighted by Crippen LogP contribution is 2.15. The molecule has 7 heteroatoms.